The van der Waals surface area contributed by atoms with Crippen LogP contribution in [0.4, 0.5) is 0 Å². The molecule has 0 aromatic rings. The molecular weight excluding hydrogens is 132 g/mol. The Balaban J connectivity index is 2.20. The van der Waals surface area contributed by atoms with Crippen molar-refractivity contribution in [2.45, 2.75) is 19.3 Å². The molecule has 0 saturated carbocycles. The number of rotatable bonds is 3. The van der Waals surface area contributed by atoms with Crippen LogP contribution in [0.3, 0.4) is 0 Å². The number of cyclic esters (lactones) is 1. The van der Waals surface area contributed by atoms with Crippen LogP contribution in [0.5, 0.6) is 0 Å². The number of carbonyl (C=O) groups excluding carboxylic acids is 1. The number of esters is 1. The fourth-order valence-corrected chi connectivity index (χ4v) is 1.14. The number of ether oxygens (including phenoxy) is 1. The topological polar surface area (TPSA) is 46.5 Å². The Hall–Kier alpha value is -0.570. The smallest absolute Gasteiger partial charge is 0.309 e. The summed E-state index contributed by atoms with van der Waals surface area (Å²) in [5.41, 5.74) is 0. The van der Waals surface area contributed by atoms with E-state index in [2.05, 4.69) is 0 Å². The quantitative estimate of drug-likeness (QED) is 0.580. The van der Waals surface area contributed by atoms with E-state index in [-0.39, 0.29) is 18.5 Å². The molecule has 58 valence electrons. The summed E-state index contributed by atoms with van der Waals surface area (Å²) < 4.78 is 4.74. The molecule has 0 radical (unpaired) electrons. The van der Waals surface area contributed by atoms with E-state index in [4.69, 9.17) is 9.84 Å². The van der Waals surface area contributed by atoms with Crippen LogP contribution in [-0.2, 0) is 9.53 Å². The van der Waals surface area contributed by atoms with Gasteiger partial charge in [-0.3, -0.25) is 4.79 Å². The highest BCUT2D eigenvalue weighted by Crippen LogP contribution is 2.18. The van der Waals surface area contributed by atoms with Gasteiger partial charge in [-0.2, -0.15) is 0 Å². The average Bonchev–Trinajstić information content (AvgIpc) is 2.31. The molecule has 3 nitrogen and oxygen atoms in total. The summed E-state index contributed by atoms with van der Waals surface area (Å²) in [5, 5.41) is 8.46. The number of aliphatic hydroxyl groups is 1. The highest BCUT2D eigenvalue weighted by Gasteiger charge is 2.25. The number of carbonyl (C=O) groups is 1. The van der Waals surface area contributed by atoms with Gasteiger partial charge in [-0.15, -0.1) is 0 Å². The van der Waals surface area contributed by atoms with Gasteiger partial charge >= 0.3 is 5.97 Å². The van der Waals surface area contributed by atoms with E-state index >= 15 is 0 Å². The second-order valence-electron chi connectivity index (χ2n) is 2.52. The van der Waals surface area contributed by atoms with Crippen LogP contribution in [0.25, 0.3) is 0 Å². The lowest BCUT2D eigenvalue weighted by Crippen LogP contribution is -2.07. The van der Waals surface area contributed by atoms with Gasteiger partial charge in [0.25, 0.3) is 0 Å². The van der Waals surface area contributed by atoms with Gasteiger partial charge in [0.05, 0.1) is 12.5 Å². The molecule has 0 aromatic heterocycles. The summed E-state index contributed by atoms with van der Waals surface area (Å²) in [6.07, 6.45) is 2.31. The molecule has 0 aliphatic carbocycles. The van der Waals surface area contributed by atoms with Gasteiger partial charge in [0.2, 0.25) is 0 Å². The van der Waals surface area contributed by atoms with Crippen molar-refractivity contribution in [3.8, 4) is 0 Å². The van der Waals surface area contributed by atoms with Gasteiger partial charge in [-0.25, -0.2) is 0 Å². The fourth-order valence-electron chi connectivity index (χ4n) is 1.14. The molecule has 0 spiro atoms. The summed E-state index contributed by atoms with van der Waals surface area (Å²) in [7, 11) is 0. The first-order chi connectivity index (χ1) is 4.84. The molecule has 0 aromatic carbocycles. The van der Waals surface area contributed by atoms with E-state index in [1.54, 1.807) is 0 Å². The fraction of sp³-hybridized carbons (Fsp3) is 0.857. The van der Waals surface area contributed by atoms with Crippen molar-refractivity contribution in [2.24, 2.45) is 5.92 Å². The number of aliphatic hydroxyl groups excluding tert-OH is 1. The summed E-state index contributed by atoms with van der Waals surface area (Å²) in [6, 6.07) is 0. The highest BCUT2D eigenvalue weighted by atomic mass is 16.5. The van der Waals surface area contributed by atoms with Crippen molar-refractivity contribution in [1.82, 2.24) is 0 Å². The minimum Gasteiger partial charge on any atom is -0.465 e. The Morgan fingerprint density at radius 1 is 1.70 bits per heavy atom. The molecule has 1 atom stereocenters. The Morgan fingerprint density at radius 2 is 2.50 bits per heavy atom. The van der Waals surface area contributed by atoms with Gasteiger partial charge in [0.1, 0.15) is 0 Å². The third-order valence-electron chi connectivity index (χ3n) is 1.75. The van der Waals surface area contributed by atoms with Crippen LogP contribution < -0.4 is 0 Å². The third kappa shape index (κ3) is 1.70. The second-order valence-corrected chi connectivity index (χ2v) is 2.52. The molecule has 0 amide bonds. The SMILES string of the molecule is O=C1OCCC1CCCO. The van der Waals surface area contributed by atoms with Gasteiger partial charge in [-0.1, -0.05) is 0 Å². The zero-order valence-corrected chi connectivity index (χ0v) is 5.88. The van der Waals surface area contributed by atoms with E-state index in [0.717, 1.165) is 12.8 Å². The standard InChI is InChI=1S/C7H12O3/c8-4-1-2-6-3-5-10-7(6)9/h6,8H,1-5H2. The van der Waals surface area contributed by atoms with Gasteiger partial charge < -0.3 is 9.84 Å². The molecule has 1 heterocycles. The Labute approximate surface area is 60.0 Å². The lowest BCUT2D eigenvalue weighted by molar-refractivity contribution is -0.141. The van der Waals surface area contributed by atoms with Crippen molar-refractivity contribution in [3.05, 3.63) is 0 Å². The van der Waals surface area contributed by atoms with Crippen LogP contribution >= 0.6 is 0 Å². The van der Waals surface area contributed by atoms with E-state index in [1.165, 1.54) is 0 Å². The average molecular weight is 144 g/mol. The number of hydrogen-bond acceptors (Lipinski definition) is 3. The minimum absolute atomic E-state index is 0.0622. The van der Waals surface area contributed by atoms with Crippen LogP contribution in [-0.4, -0.2) is 24.3 Å². The van der Waals surface area contributed by atoms with E-state index in [1.807, 2.05) is 0 Å². The maximum absolute atomic E-state index is 10.8. The molecule has 3 heteroatoms. The Bertz CT molecular complexity index is 122. The molecule has 0 bridgehead atoms. The first-order valence-corrected chi connectivity index (χ1v) is 3.62. The van der Waals surface area contributed by atoms with Crippen molar-refractivity contribution >= 4 is 5.97 Å². The van der Waals surface area contributed by atoms with Gasteiger partial charge in [-0.05, 0) is 19.3 Å². The van der Waals surface area contributed by atoms with Crippen molar-refractivity contribution in [1.29, 1.82) is 0 Å². The minimum atomic E-state index is -0.0894. The first-order valence-electron chi connectivity index (χ1n) is 3.62. The van der Waals surface area contributed by atoms with Gasteiger partial charge in [0.15, 0.2) is 0 Å². The summed E-state index contributed by atoms with van der Waals surface area (Å²) in [4.78, 5) is 10.8. The van der Waals surface area contributed by atoms with Crippen molar-refractivity contribution < 1.29 is 14.6 Å². The molecule has 10 heavy (non-hydrogen) atoms. The zero-order chi connectivity index (χ0) is 7.40. The maximum atomic E-state index is 10.8. The molecule has 1 aliphatic rings. The maximum Gasteiger partial charge on any atom is 0.309 e. The molecule has 1 saturated heterocycles. The van der Waals surface area contributed by atoms with E-state index in [9.17, 15) is 4.79 Å². The monoisotopic (exact) mass is 144 g/mol. The second kappa shape index (κ2) is 3.56. The number of hydrogen-bond donors (Lipinski definition) is 1. The van der Waals surface area contributed by atoms with Crippen LogP contribution in [0.15, 0.2) is 0 Å². The van der Waals surface area contributed by atoms with Crippen LogP contribution in [0.2, 0.25) is 0 Å². The Kier molecular flexibility index (Phi) is 2.68. The molecule has 1 N–H and O–H groups in total. The first kappa shape index (κ1) is 7.54. The predicted molar refractivity (Wildman–Crippen MR) is 35.4 cm³/mol. The van der Waals surface area contributed by atoms with Crippen LogP contribution in [0, 0.1) is 5.92 Å². The summed E-state index contributed by atoms with van der Waals surface area (Å²) >= 11 is 0. The lowest BCUT2D eigenvalue weighted by atomic mass is 10.0. The van der Waals surface area contributed by atoms with Crippen molar-refractivity contribution in [2.75, 3.05) is 13.2 Å². The molecular formula is C7H12O3. The molecule has 1 aliphatic heterocycles. The van der Waals surface area contributed by atoms with E-state index < -0.39 is 0 Å². The largest absolute Gasteiger partial charge is 0.465 e. The van der Waals surface area contributed by atoms with Crippen molar-refractivity contribution in [3.63, 3.8) is 0 Å². The summed E-state index contributed by atoms with van der Waals surface area (Å²) in [5.74, 6) is -0.0272. The zero-order valence-electron chi connectivity index (χ0n) is 5.88. The third-order valence-corrected chi connectivity index (χ3v) is 1.75. The molecule has 1 fully saturated rings. The van der Waals surface area contributed by atoms with Gasteiger partial charge in [0, 0.05) is 6.61 Å². The molecule has 1 unspecified atom stereocenters. The Morgan fingerprint density at radius 3 is 3.00 bits per heavy atom. The predicted octanol–water partition coefficient (Wildman–Crippen LogP) is 0.322. The van der Waals surface area contributed by atoms with E-state index in [0.29, 0.717) is 13.0 Å². The highest BCUT2D eigenvalue weighted by molar-refractivity contribution is 5.73. The molecule has 1 rings (SSSR count). The summed E-state index contributed by atoms with van der Waals surface area (Å²) in [6.45, 7) is 0.735. The van der Waals surface area contributed by atoms with Crippen LogP contribution in [0.1, 0.15) is 19.3 Å². The normalized spacial score (nSPS) is 24.9. The lowest BCUT2D eigenvalue weighted by Gasteiger charge is -2.01.